The molecule has 0 radical (unpaired) electrons. The molecule has 170 valence electrons. The molecule has 33 heavy (non-hydrogen) atoms. The van der Waals surface area contributed by atoms with Gasteiger partial charge in [-0.25, -0.2) is 0 Å². The summed E-state index contributed by atoms with van der Waals surface area (Å²) in [5.74, 6) is 0.288. The Morgan fingerprint density at radius 1 is 0.879 bits per heavy atom. The summed E-state index contributed by atoms with van der Waals surface area (Å²) in [5.41, 5.74) is 3.42. The predicted molar refractivity (Wildman–Crippen MR) is 134 cm³/mol. The second-order valence-corrected chi connectivity index (χ2v) is 8.79. The van der Waals surface area contributed by atoms with E-state index in [0.717, 1.165) is 30.3 Å². The molecule has 1 fully saturated rings. The summed E-state index contributed by atoms with van der Waals surface area (Å²) in [5, 5.41) is 5.89. The number of anilines is 2. The van der Waals surface area contributed by atoms with E-state index in [1.807, 2.05) is 60.7 Å². The molecule has 3 aromatic carbocycles. The van der Waals surface area contributed by atoms with Gasteiger partial charge in [-0.1, -0.05) is 55.5 Å². The highest BCUT2D eigenvalue weighted by molar-refractivity contribution is 6.01. The van der Waals surface area contributed by atoms with Crippen molar-refractivity contribution in [2.24, 2.45) is 5.92 Å². The van der Waals surface area contributed by atoms with E-state index >= 15 is 0 Å². The molecule has 5 nitrogen and oxygen atoms in total. The van der Waals surface area contributed by atoms with Gasteiger partial charge in [0.1, 0.15) is 6.04 Å². The first-order valence-corrected chi connectivity index (χ1v) is 11.6. The van der Waals surface area contributed by atoms with Gasteiger partial charge in [-0.15, -0.1) is 0 Å². The first-order valence-electron chi connectivity index (χ1n) is 11.6. The van der Waals surface area contributed by atoms with Crippen LogP contribution in [0.25, 0.3) is 0 Å². The molecule has 0 aromatic heterocycles. The maximum absolute atomic E-state index is 13.2. The van der Waals surface area contributed by atoms with E-state index in [0.29, 0.717) is 12.0 Å². The molecule has 1 atom stereocenters. The van der Waals surface area contributed by atoms with E-state index in [-0.39, 0.29) is 11.8 Å². The van der Waals surface area contributed by atoms with Gasteiger partial charge in [-0.05, 0) is 60.7 Å². The van der Waals surface area contributed by atoms with Crippen molar-refractivity contribution >= 4 is 23.2 Å². The Kier molecular flexibility index (Phi) is 7.40. The molecular weight excluding hydrogens is 410 g/mol. The van der Waals surface area contributed by atoms with Gasteiger partial charge in [0.15, 0.2) is 0 Å². The molecule has 2 amide bonds. The lowest BCUT2D eigenvalue weighted by Gasteiger charge is -2.32. The van der Waals surface area contributed by atoms with Crippen LogP contribution in [0.1, 0.15) is 35.7 Å². The predicted octanol–water partition coefficient (Wildman–Crippen LogP) is 4.90. The van der Waals surface area contributed by atoms with Crippen LogP contribution in [-0.4, -0.2) is 30.9 Å². The van der Waals surface area contributed by atoms with Gasteiger partial charge in [-0.3, -0.25) is 9.59 Å². The maximum Gasteiger partial charge on any atom is 0.251 e. The zero-order valence-electron chi connectivity index (χ0n) is 19.0. The number of piperidine rings is 1. The summed E-state index contributed by atoms with van der Waals surface area (Å²) in [6, 6.07) is 26.0. The Morgan fingerprint density at radius 2 is 1.48 bits per heavy atom. The van der Waals surface area contributed by atoms with Crippen molar-refractivity contribution in [3.63, 3.8) is 0 Å². The minimum Gasteiger partial charge on any atom is -0.372 e. The lowest BCUT2D eigenvalue weighted by Crippen LogP contribution is -2.45. The SMILES string of the molecule is CC1CCN(c2ccc(NC(=O)[C@@H](Cc3ccccc3)NC(=O)c3ccccc3)cc2)CC1. The van der Waals surface area contributed by atoms with Crippen molar-refractivity contribution in [2.45, 2.75) is 32.2 Å². The summed E-state index contributed by atoms with van der Waals surface area (Å²) < 4.78 is 0. The van der Waals surface area contributed by atoms with Crippen molar-refractivity contribution < 1.29 is 9.59 Å². The number of rotatable bonds is 7. The minimum absolute atomic E-state index is 0.234. The van der Waals surface area contributed by atoms with Gasteiger partial charge >= 0.3 is 0 Å². The van der Waals surface area contributed by atoms with E-state index < -0.39 is 6.04 Å². The molecular formula is C28H31N3O2. The number of nitrogens with one attached hydrogen (secondary N) is 2. The fraction of sp³-hybridized carbons (Fsp3) is 0.286. The molecule has 0 aliphatic carbocycles. The van der Waals surface area contributed by atoms with E-state index in [2.05, 4.69) is 34.6 Å². The summed E-state index contributed by atoms with van der Waals surface area (Å²) >= 11 is 0. The minimum atomic E-state index is -0.691. The number of amides is 2. The monoisotopic (exact) mass is 441 g/mol. The summed E-state index contributed by atoms with van der Waals surface area (Å²) in [6.45, 7) is 4.44. The molecule has 4 rings (SSSR count). The zero-order valence-corrected chi connectivity index (χ0v) is 19.0. The second kappa shape index (κ2) is 10.8. The molecule has 5 heteroatoms. The fourth-order valence-electron chi connectivity index (χ4n) is 4.14. The molecule has 1 heterocycles. The Bertz CT molecular complexity index is 1040. The highest BCUT2D eigenvalue weighted by atomic mass is 16.2. The molecule has 1 aliphatic rings. The third-order valence-corrected chi connectivity index (χ3v) is 6.22. The second-order valence-electron chi connectivity index (χ2n) is 8.79. The van der Waals surface area contributed by atoms with Crippen LogP contribution in [0.15, 0.2) is 84.9 Å². The molecule has 2 N–H and O–H groups in total. The average molecular weight is 442 g/mol. The largest absolute Gasteiger partial charge is 0.372 e. The Morgan fingerprint density at radius 3 is 2.12 bits per heavy atom. The molecule has 1 saturated heterocycles. The first kappa shape index (κ1) is 22.6. The summed E-state index contributed by atoms with van der Waals surface area (Å²) in [4.78, 5) is 28.3. The molecule has 0 spiro atoms. The quantitative estimate of drug-likeness (QED) is 0.548. The average Bonchev–Trinajstić information content (AvgIpc) is 2.86. The van der Waals surface area contributed by atoms with E-state index in [4.69, 9.17) is 0 Å². The van der Waals surface area contributed by atoms with E-state index in [1.54, 1.807) is 12.1 Å². The van der Waals surface area contributed by atoms with Crippen molar-refractivity contribution in [1.82, 2.24) is 5.32 Å². The van der Waals surface area contributed by atoms with Crippen molar-refractivity contribution in [1.29, 1.82) is 0 Å². The third kappa shape index (κ3) is 6.22. The molecule has 0 bridgehead atoms. The molecule has 1 aliphatic heterocycles. The van der Waals surface area contributed by atoms with Crippen molar-refractivity contribution in [3.8, 4) is 0 Å². The normalized spacial score (nSPS) is 15.0. The summed E-state index contributed by atoms with van der Waals surface area (Å²) in [6.07, 6.45) is 2.83. The highest BCUT2D eigenvalue weighted by Crippen LogP contribution is 2.24. The smallest absolute Gasteiger partial charge is 0.251 e. The number of carbonyl (C=O) groups excluding carboxylic acids is 2. The van der Waals surface area contributed by atoms with Crippen LogP contribution in [0, 0.1) is 5.92 Å². The van der Waals surface area contributed by atoms with Gasteiger partial charge in [0, 0.05) is 36.4 Å². The van der Waals surface area contributed by atoms with E-state index in [9.17, 15) is 9.59 Å². The number of benzene rings is 3. The van der Waals surface area contributed by atoms with Gasteiger partial charge in [0.05, 0.1) is 0 Å². The Balaban J connectivity index is 1.44. The highest BCUT2D eigenvalue weighted by Gasteiger charge is 2.22. The van der Waals surface area contributed by atoms with Crippen molar-refractivity contribution in [3.05, 3.63) is 96.1 Å². The van der Waals surface area contributed by atoms with Crippen LogP contribution < -0.4 is 15.5 Å². The number of hydrogen-bond donors (Lipinski definition) is 2. The molecule has 3 aromatic rings. The van der Waals surface area contributed by atoms with Gasteiger partial charge in [0.25, 0.3) is 5.91 Å². The summed E-state index contributed by atoms with van der Waals surface area (Å²) in [7, 11) is 0. The maximum atomic E-state index is 13.2. The molecule has 0 unspecified atom stereocenters. The standard InChI is InChI=1S/C28H31N3O2/c1-21-16-18-31(19-17-21)25-14-12-24(13-15-25)29-28(33)26(20-22-8-4-2-5-9-22)30-27(32)23-10-6-3-7-11-23/h2-15,21,26H,16-20H2,1H3,(H,29,33)(H,30,32)/t26-/m1/s1. The van der Waals surface area contributed by atoms with Crippen LogP contribution in [0.4, 0.5) is 11.4 Å². The Labute approximate surface area is 195 Å². The van der Waals surface area contributed by atoms with Gasteiger partial charge in [0.2, 0.25) is 5.91 Å². The lowest BCUT2D eigenvalue weighted by atomic mass is 9.99. The van der Waals surface area contributed by atoms with Crippen LogP contribution in [-0.2, 0) is 11.2 Å². The topological polar surface area (TPSA) is 61.4 Å². The van der Waals surface area contributed by atoms with E-state index in [1.165, 1.54) is 18.5 Å². The van der Waals surface area contributed by atoms with Gasteiger partial charge in [-0.2, -0.15) is 0 Å². The van der Waals surface area contributed by atoms with Crippen molar-refractivity contribution in [2.75, 3.05) is 23.3 Å². The van der Waals surface area contributed by atoms with Crippen LogP contribution >= 0.6 is 0 Å². The zero-order chi connectivity index (χ0) is 23.0. The lowest BCUT2D eigenvalue weighted by molar-refractivity contribution is -0.118. The number of nitrogens with zero attached hydrogens (tertiary/aromatic N) is 1. The van der Waals surface area contributed by atoms with Crippen LogP contribution in [0.2, 0.25) is 0 Å². The first-order chi connectivity index (χ1) is 16.1. The van der Waals surface area contributed by atoms with Crippen LogP contribution in [0.5, 0.6) is 0 Å². The Hall–Kier alpha value is -3.60. The molecule has 0 saturated carbocycles. The third-order valence-electron chi connectivity index (χ3n) is 6.22. The van der Waals surface area contributed by atoms with Gasteiger partial charge < -0.3 is 15.5 Å². The number of hydrogen-bond acceptors (Lipinski definition) is 3. The fourth-order valence-corrected chi connectivity index (χ4v) is 4.14. The van der Waals surface area contributed by atoms with Crippen LogP contribution in [0.3, 0.4) is 0 Å². The number of carbonyl (C=O) groups is 2.